The van der Waals surface area contributed by atoms with Crippen LogP contribution in [0.15, 0.2) is 35.7 Å². The van der Waals surface area contributed by atoms with Gasteiger partial charge in [0, 0.05) is 7.05 Å². The SMILES string of the molecule is Cc1ccsc1C[NH+](C)CC(=O)N(C)[C@H](C)c1nc2ccccc2s1. The summed E-state index contributed by atoms with van der Waals surface area (Å²) in [5.41, 5.74) is 2.32. The molecule has 1 aromatic carbocycles. The lowest BCUT2D eigenvalue weighted by Gasteiger charge is -2.24. The van der Waals surface area contributed by atoms with Gasteiger partial charge in [0.2, 0.25) is 0 Å². The molecule has 0 aliphatic carbocycles. The predicted molar refractivity (Wildman–Crippen MR) is 105 cm³/mol. The first-order chi connectivity index (χ1) is 12.0. The van der Waals surface area contributed by atoms with Gasteiger partial charge in [0.05, 0.1) is 28.2 Å². The highest BCUT2D eigenvalue weighted by atomic mass is 32.1. The van der Waals surface area contributed by atoms with Crippen LogP contribution in [0.5, 0.6) is 0 Å². The molecule has 3 aromatic rings. The van der Waals surface area contributed by atoms with Crippen molar-refractivity contribution in [2.24, 2.45) is 0 Å². The molecule has 0 aliphatic rings. The maximum Gasteiger partial charge on any atom is 0.278 e. The summed E-state index contributed by atoms with van der Waals surface area (Å²) in [6.45, 7) is 5.55. The molecule has 4 nitrogen and oxygen atoms in total. The molecule has 0 aliphatic heterocycles. The number of thiophene rings is 1. The van der Waals surface area contributed by atoms with Crippen molar-refractivity contribution in [1.29, 1.82) is 0 Å². The second kappa shape index (κ2) is 7.64. The third-order valence-electron chi connectivity index (χ3n) is 4.53. The summed E-state index contributed by atoms with van der Waals surface area (Å²) in [5.74, 6) is 0.151. The van der Waals surface area contributed by atoms with E-state index in [9.17, 15) is 4.79 Å². The number of fused-ring (bicyclic) bond motifs is 1. The maximum absolute atomic E-state index is 12.7. The van der Waals surface area contributed by atoms with Crippen LogP contribution in [0.4, 0.5) is 0 Å². The topological polar surface area (TPSA) is 37.6 Å². The van der Waals surface area contributed by atoms with E-state index in [2.05, 4.69) is 36.5 Å². The standard InChI is InChI=1S/C19H23N3OS2/c1-13-9-10-24-17(13)11-21(3)12-18(23)22(4)14(2)19-20-15-7-5-6-8-16(15)25-19/h5-10,14H,11-12H2,1-4H3/p+1/t14-/m1/s1. The lowest BCUT2D eigenvalue weighted by molar-refractivity contribution is -0.885. The summed E-state index contributed by atoms with van der Waals surface area (Å²) in [7, 11) is 3.95. The van der Waals surface area contributed by atoms with Gasteiger partial charge < -0.3 is 9.80 Å². The third-order valence-corrected chi connectivity index (χ3v) is 6.76. The van der Waals surface area contributed by atoms with Crippen LogP contribution < -0.4 is 4.90 Å². The average Bonchev–Trinajstić information content (AvgIpc) is 3.19. The lowest BCUT2D eigenvalue weighted by atomic mass is 10.2. The van der Waals surface area contributed by atoms with Crippen molar-refractivity contribution >= 4 is 38.8 Å². The number of quaternary nitrogens is 1. The first kappa shape index (κ1) is 18.0. The van der Waals surface area contributed by atoms with Gasteiger partial charge in [-0.1, -0.05) is 12.1 Å². The van der Waals surface area contributed by atoms with Crippen LogP contribution in [0.1, 0.15) is 28.4 Å². The van der Waals surface area contributed by atoms with E-state index in [-0.39, 0.29) is 11.9 Å². The highest BCUT2D eigenvalue weighted by molar-refractivity contribution is 7.18. The summed E-state index contributed by atoms with van der Waals surface area (Å²) in [6, 6.07) is 10.2. The number of amides is 1. The van der Waals surface area contributed by atoms with E-state index < -0.39 is 0 Å². The number of rotatable bonds is 6. The minimum Gasteiger partial charge on any atom is -0.332 e. The van der Waals surface area contributed by atoms with Crippen LogP contribution in [-0.2, 0) is 11.3 Å². The molecule has 0 radical (unpaired) electrons. The Balaban J connectivity index is 1.63. The van der Waals surface area contributed by atoms with Gasteiger partial charge in [0.15, 0.2) is 6.54 Å². The van der Waals surface area contributed by atoms with Crippen molar-refractivity contribution in [1.82, 2.24) is 9.88 Å². The zero-order valence-electron chi connectivity index (χ0n) is 15.1. The van der Waals surface area contributed by atoms with Crippen LogP contribution in [0.3, 0.4) is 0 Å². The number of carbonyl (C=O) groups is 1. The van der Waals surface area contributed by atoms with Crippen LogP contribution in [0.25, 0.3) is 10.2 Å². The smallest absolute Gasteiger partial charge is 0.278 e. The van der Waals surface area contributed by atoms with Gasteiger partial charge in [-0.2, -0.15) is 0 Å². The Kier molecular flexibility index (Phi) is 5.51. The molecule has 0 spiro atoms. The largest absolute Gasteiger partial charge is 0.332 e. The second-order valence-corrected chi connectivity index (χ2v) is 8.60. The van der Waals surface area contributed by atoms with Crippen LogP contribution in [-0.4, -0.2) is 36.4 Å². The number of nitrogens with zero attached hydrogens (tertiary/aromatic N) is 2. The Morgan fingerprint density at radius 1 is 1.32 bits per heavy atom. The highest BCUT2D eigenvalue weighted by Crippen LogP contribution is 2.28. The number of aryl methyl sites for hydroxylation is 1. The van der Waals surface area contributed by atoms with Gasteiger partial charge in [0.1, 0.15) is 11.6 Å². The van der Waals surface area contributed by atoms with Gasteiger partial charge in [-0.3, -0.25) is 4.79 Å². The Hall–Kier alpha value is -1.76. The number of carbonyl (C=O) groups excluding carboxylic acids is 1. The number of thiazole rings is 1. The Labute approximate surface area is 156 Å². The molecule has 1 amide bonds. The molecule has 25 heavy (non-hydrogen) atoms. The first-order valence-corrected chi connectivity index (χ1v) is 10.1. The number of benzene rings is 1. The fraction of sp³-hybridized carbons (Fsp3) is 0.368. The Morgan fingerprint density at radius 3 is 2.76 bits per heavy atom. The van der Waals surface area contributed by atoms with Gasteiger partial charge in [-0.25, -0.2) is 4.98 Å². The first-order valence-electron chi connectivity index (χ1n) is 8.41. The van der Waals surface area contributed by atoms with Crippen molar-refractivity contribution < 1.29 is 9.69 Å². The normalized spacial score (nSPS) is 13.8. The maximum atomic E-state index is 12.7. The van der Waals surface area contributed by atoms with Gasteiger partial charge >= 0.3 is 0 Å². The Morgan fingerprint density at radius 2 is 2.08 bits per heavy atom. The fourth-order valence-electron chi connectivity index (χ4n) is 2.76. The number of aromatic nitrogens is 1. The molecular weight excluding hydrogens is 350 g/mol. The van der Waals surface area contributed by atoms with E-state index >= 15 is 0 Å². The van der Waals surface area contributed by atoms with Gasteiger partial charge in [-0.05, 0) is 43.0 Å². The summed E-state index contributed by atoms with van der Waals surface area (Å²) in [5, 5.41) is 3.10. The molecule has 0 saturated heterocycles. The monoisotopic (exact) mass is 374 g/mol. The van der Waals surface area contributed by atoms with Crippen molar-refractivity contribution in [2.75, 3.05) is 20.6 Å². The fourth-order valence-corrected chi connectivity index (χ4v) is 4.84. The minimum atomic E-state index is -0.0128. The van der Waals surface area contributed by atoms with E-state index in [0.29, 0.717) is 6.54 Å². The Bertz CT molecular complexity index is 837. The minimum absolute atomic E-state index is 0.0128. The summed E-state index contributed by atoms with van der Waals surface area (Å²) < 4.78 is 1.17. The molecule has 6 heteroatoms. The zero-order chi connectivity index (χ0) is 18.0. The van der Waals surface area contributed by atoms with E-state index in [1.54, 1.807) is 22.7 Å². The van der Waals surface area contributed by atoms with Crippen molar-refractivity contribution in [3.05, 3.63) is 51.2 Å². The quantitative estimate of drug-likeness (QED) is 0.720. The molecule has 0 saturated carbocycles. The van der Waals surface area contributed by atoms with Crippen LogP contribution in [0, 0.1) is 6.92 Å². The second-order valence-electron chi connectivity index (χ2n) is 6.54. The van der Waals surface area contributed by atoms with Crippen LogP contribution >= 0.6 is 22.7 Å². The molecular formula is C19H24N3OS2+. The van der Waals surface area contributed by atoms with Crippen molar-refractivity contribution in [3.8, 4) is 0 Å². The lowest BCUT2D eigenvalue weighted by Crippen LogP contribution is -3.08. The molecule has 0 bridgehead atoms. The predicted octanol–water partition coefficient (Wildman–Crippen LogP) is 2.90. The van der Waals surface area contributed by atoms with E-state index in [0.717, 1.165) is 17.1 Å². The number of likely N-dealkylation sites (N-methyl/N-ethyl adjacent to an activating group) is 2. The van der Waals surface area contributed by atoms with Gasteiger partial charge in [-0.15, -0.1) is 22.7 Å². The average molecular weight is 375 g/mol. The number of nitrogens with one attached hydrogen (secondary N) is 1. The molecule has 2 atom stereocenters. The summed E-state index contributed by atoms with van der Waals surface area (Å²) in [6.07, 6.45) is 0. The molecule has 3 rings (SSSR count). The zero-order valence-corrected chi connectivity index (χ0v) is 16.7. The third kappa shape index (κ3) is 4.08. The number of hydrogen-bond donors (Lipinski definition) is 1. The van der Waals surface area contributed by atoms with E-state index in [1.165, 1.54) is 20.0 Å². The molecule has 0 fully saturated rings. The molecule has 2 aromatic heterocycles. The molecule has 1 N–H and O–H groups in total. The van der Waals surface area contributed by atoms with Gasteiger partial charge in [0.25, 0.3) is 5.91 Å². The number of hydrogen-bond acceptors (Lipinski definition) is 4. The van der Waals surface area contributed by atoms with E-state index in [4.69, 9.17) is 0 Å². The molecule has 2 heterocycles. The van der Waals surface area contributed by atoms with Crippen LogP contribution in [0.2, 0.25) is 0 Å². The molecule has 1 unspecified atom stereocenters. The van der Waals surface area contributed by atoms with E-state index in [1.807, 2.05) is 37.1 Å². The summed E-state index contributed by atoms with van der Waals surface area (Å²) >= 11 is 3.43. The highest BCUT2D eigenvalue weighted by Gasteiger charge is 2.23. The van der Waals surface area contributed by atoms with Crippen molar-refractivity contribution in [3.63, 3.8) is 0 Å². The van der Waals surface area contributed by atoms with Crippen molar-refractivity contribution in [2.45, 2.75) is 26.4 Å². The summed E-state index contributed by atoms with van der Waals surface area (Å²) in [4.78, 5) is 21.8. The molecule has 132 valence electrons. The number of para-hydroxylation sites is 1.